The molecule has 3 rings (SSSR count). The Morgan fingerprint density at radius 1 is 1.09 bits per heavy atom. The van der Waals surface area contributed by atoms with Gasteiger partial charge in [0.1, 0.15) is 0 Å². The molecule has 1 saturated heterocycles. The number of amides is 2. The first-order valence-electron chi connectivity index (χ1n) is 7.69. The Hall–Kier alpha value is -2.18. The highest BCUT2D eigenvalue weighted by Crippen LogP contribution is 2.15. The van der Waals surface area contributed by atoms with Gasteiger partial charge in [-0.1, -0.05) is 12.1 Å². The van der Waals surface area contributed by atoms with Crippen LogP contribution in [0.15, 0.2) is 41.8 Å². The van der Waals surface area contributed by atoms with Crippen molar-refractivity contribution in [1.29, 1.82) is 0 Å². The van der Waals surface area contributed by atoms with Gasteiger partial charge in [-0.2, -0.15) is 0 Å². The lowest BCUT2D eigenvalue weighted by molar-refractivity contribution is 0.0928. The van der Waals surface area contributed by atoms with E-state index in [9.17, 15) is 9.59 Å². The molecule has 0 atom stereocenters. The fourth-order valence-corrected chi connectivity index (χ4v) is 3.19. The van der Waals surface area contributed by atoms with Crippen molar-refractivity contribution >= 4 is 28.8 Å². The van der Waals surface area contributed by atoms with Crippen molar-refractivity contribution < 1.29 is 9.59 Å². The zero-order valence-corrected chi connectivity index (χ0v) is 13.5. The third-order valence-corrected chi connectivity index (χ3v) is 4.67. The van der Waals surface area contributed by atoms with Crippen LogP contribution in [0, 0.1) is 0 Å². The van der Waals surface area contributed by atoms with Crippen LogP contribution in [0.5, 0.6) is 0 Å². The van der Waals surface area contributed by atoms with Gasteiger partial charge in [-0.25, -0.2) is 0 Å². The van der Waals surface area contributed by atoms with Crippen molar-refractivity contribution in [3.8, 4) is 0 Å². The number of hydrogen-bond acceptors (Lipinski definition) is 4. The van der Waals surface area contributed by atoms with Gasteiger partial charge in [-0.3, -0.25) is 9.59 Å². The molecule has 2 heterocycles. The lowest BCUT2D eigenvalue weighted by Crippen LogP contribution is -2.42. The Bertz CT molecular complexity index is 679. The average Bonchev–Trinajstić information content (AvgIpc) is 3.11. The maximum Gasteiger partial charge on any atom is 0.265 e. The second-order valence-electron chi connectivity index (χ2n) is 5.51. The van der Waals surface area contributed by atoms with E-state index in [0.717, 1.165) is 25.9 Å². The number of nitrogens with one attached hydrogen (secondary N) is 3. The lowest BCUT2D eigenvalue weighted by Gasteiger charge is -2.23. The third-order valence-electron chi connectivity index (χ3n) is 3.80. The topological polar surface area (TPSA) is 70.2 Å². The van der Waals surface area contributed by atoms with Crippen LogP contribution in [0.1, 0.15) is 32.9 Å². The van der Waals surface area contributed by atoms with E-state index in [0.29, 0.717) is 16.1 Å². The number of hydrogen-bond donors (Lipinski definition) is 3. The highest BCUT2D eigenvalue weighted by Gasteiger charge is 2.16. The van der Waals surface area contributed by atoms with E-state index in [1.807, 2.05) is 11.4 Å². The van der Waals surface area contributed by atoms with Crippen LogP contribution < -0.4 is 16.0 Å². The number of benzene rings is 1. The molecule has 1 aliphatic heterocycles. The molecule has 23 heavy (non-hydrogen) atoms. The molecule has 120 valence electrons. The van der Waals surface area contributed by atoms with E-state index >= 15 is 0 Å². The summed E-state index contributed by atoms with van der Waals surface area (Å²) in [7, 11) is 0. The highest BCUT2D eigenvalue weighted by atomic mass is 32.1. The van der Waals surface area contributed by atoms with Gasteiger partial charge in [-0.15, -0.1) is 11.3 Å². The molecule has 1 aliphatic rings. The molecule has 2 amide bonds. The number of carbonyl (C=O) groups excluding carboxylic acids is 2. The van der Waals surface area contributed by atoms with Crippen LogP contribution in [0.25, 0.3) is 0 Å². The van der Waals surface area contributed by atoms with Crippen molar-refractivity contribution in [3.63, 3.8) is 0 Å². The molecule has 2 aromatic rings. The van der Waals surface area contributed by atoms with Crippen LogP contribution in [-0.2, 0) is 0 Å². The number of carbonyl (C=O) groups is 2. The Kier molecular flexibility index (Phi) is 5.05. The zero-order chi connectivity index (χ0) is 16.1. The Morgan fingerprint density at radius 3 is 2.65 bits per heavy atom. The summed E-state index contributed by atoms with van der Waals surface area (Å²) in [4.78, 5) is 25.1. The summed E-state index contributed by atoms with van der Waals surface area (Å²) in [5, 5.41) is 11.0. The first-order valence-corrected chi connectivity index (χ1v) is 8.57. The molecular weight excluding hydrogens is 310 g/mol. The minimum absolute atomic E-state index is 0.0934. The smallest absolute Gasteiger partial charge is 0.265 e. The van der Waals surface area contributed by atoms with Crippen LogP contribution in [0.3, 0.4) is 0 Å². The van der Waals surface area contributed by atoms with Crippen molar-refractivity contribution in [3.05, 3.63) is 52.2 Å². The van der Waals surface area contributed by atoms with Crippen LogP contribution in [0.4, 0.5) is 5.69 Å². The van der Waals surface area contributed by atoms with Gasteiger partial charge in [0.05, 0.1) is 4.88 Å². The third kappa shape index (κ3) is 4.18. The van der Waals surface area contributed by atoms with Gasteiger partial charge in [0.25, 0.3) is 11.8 Å². The number of thiophene rings is 1. The maximum absolute atomic E-state index is 12.3. The van der Waals surface area contributed by atoms with E-state index in [1.165, 1.54) is 11.3 Å². The second kappa shape index (κ2) is 7.39. The summed E-state index contributed by atoms with van der Waals surface area (Å²) in [6, 6.07) is 10.9. The summed E-state index contributed by atoms with van der Waals surface area (Å²) in [5.74, 6) is -0.250. The summed E-state index contributed by atoms with van der Waals surface area (Å²) in [6.07, 6.45) is 1.89. The fourth-order valence-electron chi connectivity index (χ4n) is 2.57. The number of piperidine rings is 1. The standard InChI is InChI=1S/C17H19N3O2S/c21-16(19-13-6-8-18-9-7-13)12-3-1-4-14(11-12)20-17(22)15-5-2-10-23-15/h1-5,10-11,13,18H,6-9H2,(H,19,21)(H,20,22). The van der Waals surface area contributed by atoms with Crippen molar-refractivity contribution in [1.82, 2.24) is 10.6 Å². The average molecular weight is 329 g/mol. The molecule has 0 aliphatic carbocycles. The number of rotatable bonds is 4. The Morgan fingerprint density at radius 2 is 1.91 bits per heavy atom. The summed E-state index contributed by atoms with van der Waals surface area (Å²) >= 11 is 1.39. The highest BCUT2D eigenvalue weighted by molar-refractivity contribution is 7.12. The molecule has 3 N–H and O–H groups in total. The van der Waals surface area contributed by atoms with Crippen LogP contribution in [-0.4, -0.2) is 30.9 Å². The van der Waals surface area contributed by atoms with E-state index in [-0.39, 0.29) is 17.9 Å². The quantitative estimate of drug-likeness (QED) is 0.807. The normalized spacial score (nSPS) is 15.1. The Balaban J connectivity index is 1.64. The van der Waals surface area contributed by atoms with Crippen molar-refractivity contribution in [2.24, 2.45) is 0 Å². The van der Waals surface area contributed by atoms with Crippen molar-refractivity contribution in [2.45, 2.75) is 18.9 Å². The molecule has 0 saturated carbocycles. The SMILES string of the molecule is O=C(NC1CCNCC1)c1cccc(NC(=O)c2cccs2)c1. The minimum atomic E-state index is -0.157. The first-order chi connectivity index (χ1) is 11.2. The van der Waals surface area contributed by atoms with E-state index in [4.69, 9.17) is 0 Å². The van der Waals surface area contributed by atoms with Gasteiger partial charge in [0.2, 0.25) is 0 Å². The van der Waals surface area contributed by atoms with Gasteiger partial charge < -0.3 is 16.0 Å². The molecule has 1 aromatic carbocycles. The molecule has 0 bridgehead atoms. The van der Waals surface area contributed by atoms with Gasteiger partial charge in [0.15, 0.2) is 0 Å². The van der Waals surface area contributed by atoms with Gasteiger partial charge in [-0.05, 0) is 55.6 Å². The van der Waals surface area contributed by atoms with Crippen LogP contribution in [0.2, 0.25) is 0 Å². The minimum Gasteiger partial charge on any atom is -0.349 e. The fraction of sp³-hybridized carbons (Fsp3) is 0.294. The molecule has 6 heteroatoms. The predicted octanol–water partition coefficient (Wildman–Crippen LogP) is 2.48. The molecular formula is C17H19N3O2S. The summed E-state index contributed by atoms with van der Waals surface area (Å²) in [5.41, 5.74) is 1.19. The number of anilines is 1. The predicted molar refractivity (Wildman–Crippen MR) is 92.1 cm³/mol. The summed E-state index contributed by atoms with van der Waals surface area (Å²) in [6.45, 7) is 1.86. The van der Waals surface area contributed by atoms with E-state index in [2.05, 4.69) is 16.0 Å². The Labute approximate surface area is 139 Å². The lowest BCUT2D eigenvalue weighted by atomic mass is 10.1. The van der Waals surface area contributed by atoms with Crippen LogP contribution >= 0.6 is 11.3 Å². The first kappa shape index (κ1) is 15.7. The second-order valence-corrected chi connectivity index (χ2v) is 6.46. The molecule has 0 unspecified atom stereocenters. The maximum atomic E-state index is 12.3. The largest absolute Gasteiger partial charge is 0.349 e. The van der Waals surface area contributed by atoms with Gasteiger partial charge in [0, 0.05) is 17.3 Å². The van der Waals surface area contributed by atoms with E-state index < -0.39 is 0 Å². The molecule has 1 fully saturated rings. The van der Waals surface area contributed by atoms with Crippen molar-refractivity contribution in [2.75, 3.05) is 18.4 Å². The van der Waals surface area contributed by atoms with Gasteiger partial charge >= 0.3 is 0 Å². The zero-order valence-electron chi connectivity index (χ0n) is 12.7. The molecule has 5 nitrogen and oxygen atoms in total. The monoisotopic (exact) mass is 329 g/mol. The van der Waals surface area contributed by atoms with E-state index in [1.54, 1.807) is 30.3 Å². The molecule has 0 radical (unpaired) electrons. The molecule has 0 spiro atoms. The summed E-state index contributed by atoms with van der Waals surface area (Å²) < 4.78 is 0. The molecule has 1 aromatic heterocycles.